The zero-order chi connectivity index (χ0) is 10.1. The van der Waals surface area contributed by atoms with Crippen LogP contribution in [0.15, 0.2) is 18.5 Å². The molecule has 1 N–H and O–H groups in total. The summed E-state index contributed by atoms with van der Waals surface area (Å²) in [5.74, 6) is 0.683. The van der Waals surface area contributed by atoms with Gasteiger partial charge in [0, 0.05) is 32.2 Å². The van der Waals surface area contributed by atoms with Gasteiger partial charge < -0.3 is 10.1 Å². The summed E-state index contributed by atoms with van der Waals surface area (Å²) in [5, 5.41) is 3.12. The van der Waals surface area contributed by atoms with Gasteiger partial charge in [0.1, 0.15) is 0 Å². The van der Waals surface area contributed by atoms with Gasteiger partial charge in [-0.1, -0.05) is 6.92 Å². The van der Waals surface area contributed by atoms with Crippen LogP contribution in [0.25, 0.3) is 0 Å². The molecular formula is C10H17N3O. The van der Waals surface area contributed by atoms with Crippen LogP contribution in [0.4, 0.5) is 5.95 Å². The molecule has 0 unspecified atom stereocenters. The second kappa shape index (κ2) is 7.26. The van der Waals surface area contributed by atoms with Crippen molar-refractivity contribution in [1.82, 2.24) is 9.97 Å². The van der Waals surface area contributed by atoms with Crippen molar-refractivity contribution in [3.05, 3.63) is 18.5 Å². The van der Waals surface area contributed by atoms with Gasteiger partial charge in [-0.25, -0.2) is 9.97 Å². The molecule has 0 amide bonds. The Hall–Kier alpha value is -1.16. The Bertz CT molecular complexity index is 228. The fourth-order valence-corrected chi connectivity index (χ4v) is 1.01. The van der Waals surface area contributed by atoms with E-state index < -0.39 is 0 Å². The molecule has 0 saturated heterocycles. The summed E-state index contributed by atoms with van der Waals surface area (Å²) >= 11 is 0. The molecule has 0 aliphatic carbocycles. The Labute approximate surface area is 84.7 Å². The number of rotatable bonds is 7. The van der Waals surface area contributed by atoms with E-state index >= 15 is 0 Å². The molecule has 0 aromatic carbocycles. The minimum absolute atomic E-state index is 0.683. The van der Waals surface area contributed by atoms with Gasteiger partial charge in [-0.2, -0.15) is 0 Å². The van der Waals surface area contributed by atoms with Crippen LogP contribution in [0.5, 0.6) is 0 Å². The van der Waals surface area contributed by atoms with E-state index in [4.69, 9.17) is 4.74 Å². The molecule has 78 valence electrons. The number of anilines is 1. The molecule has 1 rings (SSSR count). The maximum absolute atomic E-state index is 5.34. The quantitative estimate of drug-likeness (QED) is 0.673. The van der Waals surface area contributed by atoms with Crippen molar-refractivity contribution in [2.75, 3.05) is 25.1 Å². The maximum Gasteiger partial charge on any atom is 0.222 e. The van der Waals surface area contributed by atoms with E-state index in [-0.39, 0.29) is 0 Å². The fraction of sp³-hybridized carbons (Fsp3) is 0.600. The monoisotopic (exact) mass is 195 g/mol. The molecule has 1 heterocycles. The smallest absolute Gasteiger partial charge is 0.222 e. The standard InChI is InChI=1S/C10H17N3O/c1-2-8-14-9-4-7-13-10-11-5-3-6-12-10/h3,5-6H,2,4,7-9H2,1H3,(H,11,12,13). The van der Waals surface area contributed by atoms with Gasteiger partial charge in [0.15, 0.2) is 0 Å². The lowest BCUT2D eigenvalue weighted by Crippen LogP contribution is -2.08. The summed E-state index contributed by atoms with van der Waals surface area (Å²) in [7, 11) is 0. The van der Waals surface area contributed by atoms with Crippen LogP contribution in [-0.4, -0.2) is 29.7 Å². The van der Waals surface area contributed by atoms with Gasteiger partial charge >= 0.3 is 0 Å². The van der Waals surface area contributed by atoms with Crippen LogP contribution in [-0.2, 0) is 4.74 Å². The van der Waals surface area contributed by atoms with Crippen LogP contribution in [0, 0.1) is 0 Å². The Kier molecular flexibility index (Phi) is 5.66. The van der Waals surface area contributed by atoms with Gasteiger partial charge in [-0.05, 0) is 18.9 Å². The Morgan fingerprint density at radius 3 is 2.79 bits per heavy atom. The third-order valence-corrected chi connectivity index (χ3v) is 1.66. The largest absolute Gasteiger partial charge is 0.381 e. The molecule has 0 spiro atoms. The molecule has 4 heteroatoms. The molecule has 0 bridgehead atoms. The number of aromatic nitrogens is 2. The van der Waals surface area contributed by atoms with Crippen LogP contribution in [0.1, 0.15) is 19.8 Å². The van der Waals surface area contributed by atoms with Gasteiger partial charge in [0.05, 0.1) is 0 Å². The molecular weight excluding hydrogens is 178 g/mol. The highest BCUT2D eigenvalue weighted by atomic mass is 16.5. The second-order valence-electron chi connectivity index (χ2n) is 2.97. The van der Waals surface area contributed by atoms with Crippen molar-refractivity contribution in [2.45, 2.75) is 19.8 Å². The zero-order valence-corrected chi connectivity index (χ0v) is 8.57. The zero-order valence-electron chi connectivity index (χ0n) is 8.57. The molecule has 0 saturated carbocycles. The van der Waals surface area contributed by atoms with E-state index in [0.717, 1.165) is 32.6 Å². The second-order valence-corrected chi connectivity index (χ2v) is 2.97. The Morgan fingerprint density at radius 1 is 1.29 bits per heavy atom. The molecule has 1 aromatic rings. The van der Waals surface area contributed by atoms with Crippen molar-refractivity contribution < 1.29 is 4.74 Å². The number of hydrogen-bond donors (Lipinski definition) is 1. The molecule has 4 nitrogen and oxygen atoms in total. The molecule has 0 radical (unpaired) electrons. The summed E-state index contributed by atoms with van der Waals surface area (Å²) in [5.41, 5.74) is 0. The van der Waals surface area contributed by atoms with Crippen molar-refractivity contribution in [1.29, 1.82) is 0 Å². The van der Waals surface area contributed by atoms with Crippen LogP contribution >= 0.6 is 0 Å². The molecule has 14 heavy (non-hydrogen) atoms. The topological polar surface area (TPSA) is 47.0 Å². The first-order valence-electron chi connectivity index (χ1n) is 5.02. The van der Waals surface area contributed by atoms with Gasteiger partial charge in [-0.3, -0.25) is 0 Å². The highest BCUT2D eigenvalue weighted by molar-refractivity contribution is 5.21. The SMILES string of the molecule is CCCOCCCNc1ncccn1. The molecule has 1 aromatic heterocycles. The summed E-state index contributed by atoms with van der Waals surface area (Å²) in [6.07, 6.45) is 5.51. The number of nitrogens with one attached hydrogen (secondary N) is 1. The third-order valence-electron chi connectivity index (χ3n) is 1.66. The van der Waals surface area contributed by atoms with E-state index in [1.165, 1.54) is 0 Å². The average molecular weight is 195 g/mol. The highest BCUT2D eigenvalue weighted by Gasteiger charge is 1.92. The van der Waals surface area contributed by atoms with Gasteiger partial charge in [-0.15, -0.1) is 0 Å². The van der Waals surface area contributed by atoms with Crippen molar-refractivity contribution in [3.63, 3.8) is 0 Å². The van der Waals surface area contributed by atoms with Crippen molar-refractivity contribution in [2.24, 2.45) is 0 Å². The minimum atomic E-state index is 0.683. The first-order chi connectivity index (χ1) is 6.93. The first-order valence-corrected chi connectivity index (χ1v) is 5.02. The molecule has 0 aliphatic rings. The summed E-state index contributed by atoms with van der Waals surface area (Å²) in [6, 6.07) is 1.80. The Morgan fingerprint density at radius 2 is 2.07 bits per heavy atom. The van der Waals surface area contributed by atoms with E-state index in [1.807, 2.05) is 0 Å². The highest BCUT2D eigenvalue weighted by Crippen LogP contribution is 1.94. The van der Waals surface area contributed by atoms with Gasteiger partial charge in [0.25, 0.3) is 0 Å². The summed E-state index contributed by atoms with van der Waals surface area (Å²) in [4.78, 5) is 8.10. The fourth-order valence-electron chi connectivity index (χ4n) is 1.01. The van der Waals surface area contributed by atoms with E-state index in [1.54, 1.807) is 18.5 Å². The summed E-state index contributed by atoms with van der Waals surface area (Å²) in [6.45, 7) is 4.61. The lowest BCUT2D eigenvalue weighted by molar-refractivity contribution is 0.134. The van der Waals surface area contributed by atoms with E-state index in [9.17, 15) is 0 Å². The number of nitrogens with zero attached hydrogens (tertiary/aromatic N) is 2. The first kappa shape index (κ1) is 10.9. The number of hydrogen-bond acceptors (Lipinski definition) is 4. The van der Waals surface area contributed by atoms with Crippen LogP contribution in [0.2, 0.25) is 0 Å². The van der Waals surface area contributed by atoms with Crippen molar-refractivity contribution >= 4 is 5.95 Å². The third kappa shape index (κ3) is 4.77. The normalized spacial score (nSPS) is 10.1. The van der Waals surface area contributed by atoms with E-state index in [2.05, 4.69) is 22.2 Å². The van der Waals surface area contributed by atoms with Crippen LogP contribution < -0.4 is 5.32 Å². The average Bonchev–Trinajstić information content (AvgIpc) is 2.25. The van der Waals surface area contributed by atoms with Gasteiger partial charge in [0.2, 0.25) is 5.95 Å². The van der Waals surface area contributed by atoms with Crippen LogP contribution in [0.3, 0.4) is 0 Å². The summed E-state index contributed by atoms with van der Waals surface area (Å²) < 4.78 is 5.34. The number of ether oxygens (including phenoxy) is 1. The van der Waals surface area contributed by atoms with E-state index in [0.29, 0.717) is 5.95 Å². The molecule has 0 aliphatic heterocycles. The maximum atomic E-state index is 5.34. The van der Waals surface area contributed by atoms with Crippen molar-refractivity contribution in [3.8, 4) is 0 Å². The lowest BCUT2D eigenvalue weighted by atomic mass is 10.4. The Balaban J connectivity index is 1.99. The predicted molar refractivity (Wildman–Crippen MR) is 56.2 cm³/mol. The lowest BCUT2D eigenvalue weighted by Gasteiger charge is -2.04. The predicted octanol–water partition coefficient (Wildman–Crippen LogP) is 1.71. The molecule has 0 fully saturated rings. The molecule has 0 atom stereocenters. The minimum Gasteiger partial charge on any atom is -0.381 e.